The van der Waals surface area contributed by atoms with Crippen LogP contribution in [-0.2, 0) is 0 Å². The molecule has 1 saturated carbocycles. The number of hydrogen-bond donors (Lipinski definition) is 0. The molecule has 0 aromatic rings. The summed E-state index contributed by atoms with van der Waals surface area (Å²) in [6.07, 6.45) is 5.00. The lowest BCUT2D eigenvalue weighted by atomic mass is 9.80. The van der Waals surface area contributed by atoms with E-state index in [0.29, 0.717) is 17.3 Å². The zero-order valence-corrected chi connectivity index (χ0v) is 7.23. The standard InChI is InChI=1S/C10H15F/c1-3-10-6-8(10)9(11)5-4-7(10)2/h5,7-8H,3-4,6H2,1-2H3/t7-,8+,10?/m1/s1. The van der Waals surface area contributed by atoms with E-state index < -0.39 is 0 Å². The van der Waals surface area contributed by atoms with E-state index in [-0.39, 0.29) is 5.83 Å². The van der Waals surface area contributed by atoms with Crippen molar-refractivity contribution in [3.8, 4) is 0 Å². The summed E-state index contributed by atoms with van der Waals surface area (Å²) in [5, 5.41) is 0. The van der Waals surface area contributed by atoms with Crippen molar-refractivity contribution >= 4 is 0 Å². The third kappa shape index (κ3) is 0.800. The van der Waals surface area contributed by atoms with E-state index >= 15 is 0 Å². The highest BCUT2D eigenvalue weighted by Gasteiger charge is 2.59. The minimum Gasteiger partial charge on any atom is -0.212 e. The molecule has 0 radical (unpaired) electrons. The average Bonchev–Trinajstić information content (AvgIpc) is 2.74. The summed E-state index contributed by atoms with van der Waals surface area (Å²) in [6, 6.07) is 0. The van der Waals surface area contributed by atoms with Gasteiger partial charge in [0.1, 0.15) is 0 Å². The number of rotatable bonds is 1. The molecule has 0 spiro atoms. The van der Waals surface area contributed by atoms with Crippen molar-refractivity contribution in [1.82, 2.24) is 0 Å². The zero-order valence-electron chi connectivity index (χ0n) is 7.23. The molecule has 2 rings (SSSR count). The van der Waals surface area contributed by atoms with E-state index in [1.165, 1.54) is 0 Å². The third-order valence-electron chi connectivity index (χ3n) is 3.76. The molecule has 0 amide bonds. The number of halogens is 1. The highest BCUT2D eigenvalue weighted by atomic mass is 19.1. The van der Waals surface area contributed by atoms with E-state index in [0.717, 1.165) is 19.3 Å². The molecule has 0 aromatic heterocycles. The van der Waals surface area contributed by atoms with Gasteiger partial charge in [0.25, 0.3) is 0 Å². The van der Waals surface area contributed by atoms with Gasteiger partial charge < -0.3 is 0 Å². The highest BCUT2D eigenvalue weighted by molar-refractivity contribution is 5.22. The molecule has 62 valence electrons. The van der Waals surface area contributed by atoms with Crippen molar-refractivity contribution in [3.05, 3.63) is 11.9 Å². The van der Waals surface area contributed by atoms with Gasteiger partial charge >= 0.3 is 0 Å². The first-order valence-electron chi connectivity index (χ1n) is 4.56. The van der Waals surface area contributed by atoms with Crippen LogP contribution in [0, 0.1) is 17.3 Å². The molecule has 3 atom stereocenters. The molecule has 0 heterocycles. The summed E-state index contributed by atoms with van der Waals surface area (Å²) in [5.41, 5.74) is 0.374. The Bertz CT molecular complexity index is 207. The number of fused-ring (bicyclic) bond motifs is 1. The lowest BCUT2D eigenvalue weighted by Gasteiger charge is -2.25. The van der Waals surface area contributed by atoms with Gasteiger partial charge in [0.05, 0.1) is 5.83 Å². The van der Waals surface area contributed by atoms with Gasteiger partial charge in [0.2, 0.25) is 0 Å². The topological polar surface area (TPSA) is 0 Å². The van der Waals surface area contributed by atoms with Crippen molar-refractivity contribution in [1.29, 1.82) is 0 Å². The second-order valence-corrected chi connectivity index (χ2v) is 4.07. The van der Waals surface area contributed by atoms with Crippen LogP contribution in [0.15, 0.2) is 11.9 Å². The van der Waals surface area contributed by atoms with Crippen molar-refractivity contribution < 1.29 is 4.39 Å². The fourth-order valence-corrected chi connectivity index (χ4v) is 2.64. The Labute approximate surface area is 67.5 Å². The van der Waals surface area contributed by atoms with Gasteiger partial charge in [-0.3, -0.25) is 0 Å². The Hall–Kier alpha value is -0.330. The zero-order chi connectivity index (χ0) is 8.06. The molecule has 2 aliphatic carbocycles. The maximum atomic E-state index is 13.1. The van der Waals surface area contributed by atoms with Crippen LogP contribution >= 0.6 is 0 Å². The Morgan fingerprint density at radius 1 is 1.73 bits per heavy atom. The van der Waals surface area contributed by atoms with Gasteiger partial charge in [-0.05, 0) is 30.6 Å². The molecule has 2 aliphatic rings. The van der Waals surface area contributed by atoms with Gasteiger partial charge in [0.15, 0.2) is 0 Å². The molecular formula is C10H15F. The molecule has 0 aromatic carbocycles. The average molecular weight is 154 g/mol. The highest BCUT2D eigenvalue weighted by Crippen LogP contribution is 2.66. The Morgan fingerprint density at radius 2 is 2.45 bits per heavy atom. The van der Waals surface area contributed by atoms with Crippen LogP contribution in [0.3, 0.4) is 0 Å². The lowest BCUT2D eigenvalue weighted by Crippen LogP contribution is -2.17. The smallest absolute Gasteiger partial charge is 0.0996 e. The molecule has 1 fully saturated rings. The molecule has 1 heteroatoms. The molecule has 0 bridgehead atoms. The van der Waals surface area contributed by atoms with Gasteiger partial charge in [0, 0.05) is 5.92 Å². The molecule has 0 N–H and O–H groups in total. The quantitative estimate of drug-likeness (QED) is 0.543. The van der Waals surface area contributed by atoms with Crippen LogP contribution in [0.2, 0.25) is 0 Å². The third-order valence-corrected chi connectivity index (χ3v) is 3.76. The van der Waals surface area contributed by atoms with Crippen LogP contribution in [0.5, 0.6) is 0 Å². The molecular weight excluding hydrogens is 139 g/mol. The van der Waals surface area contributed by atoms with Crippen LogP contribution in [0.1, 0.15) is 33.1 Å². The Kier molecular flexibility index (Phi) is 1.39. The predicted molar refractivity (Wildman–Crippen MR) is 43.8 cm³/mol. The first-order valence-corrected chi connectivity index (χ1v) is 4.56. The normalized spacial score (nSPS) is 48.1. The second kappa shape index (κ2) is 2.09. The number of hydrogen-bond acceptors (Lipinski definition) is 0. The second-order valence-electron chi connectivity index (χ2n) is 4.07. The van der Waals surface area contributed by atoms with Crippen molar-refractivity contribution in [2.45, 2.75) is 33.1 Å². The van der Waals surface area contributed by atoms with Gasteiger partial charge in [-0.1, -0.05) is 19.9 Å². The molecule has 1 unspecified atom stereocenters. The Morgan fingerprint density at radius 3 is 3.00 bits per heavy atom. The number of allylic oxidation sites excluding steroid dienone is 2. The maximum Gasteiger partial charge on any atom is 0.0996 e. The maximum absolute atomic E-state index is 13.1. The first kappa shape index (κ1) is 7.33. The van der Waals surface area contributed by atoms with Gasteiger partial charge in [-0.15, -0.1) is 0 Å². The molecule has 0 aliphatic heterocycles. The van der Waals surface area contributed by atoms with Gasteiger partial charge in [-0.25, -0.2) is 4.39 Å². The van der Waals surface area contributed by atoms with E-state index in [9.17, 15) is 4.39 Å². The van der Waals surface area contributed by atoms with Crippen molar-refractivity contribution in [3.63, 3.8) is 0 Å². The largest absolute Gasteiger partial charge is 0.212 e. The summed E-state index contributed by atoms with van der Waals surface area (Å²) < 4.78 is 13.1. The van der Waals surface area contributed by atoms with Crippen molar-refractivity contribution in [2.24, 2.45) is 17.3 Å². The van der Waals surface area contributed by atoms with E-state index in [2.05, 4.69) is 13.8 Å². The van der Waals surface area contributed by atoms with E-state index in [1.54, 1.807) is 6.08 Å². The van der Waals surface area contributed by atoms with Gasteiger partial charge in [-0.2, -0.15) is 0 Å². The summed E-state index contributed by atoms with van der Waals surface area (Å²) in [6.45, 7) is 4.45. The van der Waals surface area contributed by atoms with Crippen LogP contribution in [0.25, 0.3) is 0 Å². The summed E-state index contributed by atoms with van der Waals surface area (Å²) in [4.78, 5) is 0. The molecule has 0 saturated heterocycles. The first-order chi connectivity index (χ1) is 5.20. The van der Waals surface area contributed by atoms with Crippen molar-refractivity contribution in [2.75, 3.05) is 0 Å². The van der Waals surface area contributed by atoms with Crippen LogP contribution < -0.4 is 0 Å². The van der Waals surface area contributed by atoms with E-state index in [1.807, 2.05) is 0 Å². The fourth-order valence-electron chi connectivity index (χ4n) is 2.64. The lowest BCUT2D eigenvalue weighted by molar-refractivity contribution is 0.273. The minimum atomic E-state index is 0.171. The van der Waals surface area contributed by atoms with E-state index in [4.69, 9.17) is 0 Å². The SMILES string of the molecule is CCC12C[C@H]1C(F)=CC[C@H]2C. The molecule has 11 heavy (non-hydrogen) atoms. The minimum absolute atomic E-state index is 0.171. The van der Waals surface area contributed by atoms with Crippen LogP contribution in [-0.4, -0.2) is 0 Å². The Balaban J connectivity index is 2.24. The predicted octanol–water partition coefficient (Wildman–Crippen LogP) is 3.30. The molecule has 0 nitrogen and oxygen atoms in total. The fraction of sp³-hybridized carbons (Fsp3) is 0.800. The summed E-state index contributed by atoms with van der Waals surface area (Å²) in [5.74, 6) is 1.18. The van der Waals surface area contributed by atoms with Crippen LogP contribution in [0.4, 0.5) is 4.39 Å². The summed E-state index contributed by atoms with van der Waals surface area (Å²) >= 11 is 0. The monoisotopic (exact) mass is 154 g/mol. The summed E-state index contributed by atoms with van der Waals surface area (Å²) in [7, 11) is 0.